The summed E-state index contributed by atoms with van der Waals surface area (Å²) in [6.45, 7) is 5.17. The van der Waals surface area contributed by atoms with Gasteiger partial charge in [0.1, 0.15) is 11.0 Å². The number of ketones is 1. The van der Waals surface area contributed by atoms with E-state index in [-0.39, 0.29) is 29.7 Å². The van der Waals surface area contributed by atoms with Crippen molar-refractivity contribution in [2.24, 2.45) is 9.54 Å². The lowest BCUT2D eigenvalue weighted by molar-refractivity contribution is 0.0971. The number of hydrogen-bond acceptors (Lipinski definition) is 5. The third-order valence-electron chi connectivity index (χ3n) is 6.07. The number of carbonyl (C=O) groups is 1. The highest BCUT2D eigenvalue weighted by Crippen LogP contribution is 2.35. The van der Waals surface area contributed by atoms with Crippen molar-refractivity contribution in [3.63, 3.8) is 0 Å². The quantitative estimate of drug-likeness (QED) is 0.131. The number of hydrogen-bond donors (Lipinski definition) is 1. The zero-order valence-electron chi connectivity index (χ0n) is 21.1. The zero-order valence-corrected chi connectivity index (χ0v) is 22.7. The summed E-state index contributed by atoms with van der Waals surface area (Å²) in [5, 5.41) is 4.88. The second-order valence-electron chi connectivity index (χ2n) is 8.71. The number of Topliss-reactive ketones (excluding diaryl/α,β-unsaturated/α-hetero) is 1. The molecule has 2 aromatic rings. The van der Waals surface area contributed by atoms with Crippen molar-refractivity contribution in [1.29, 1.82) is 0 Å². The molecule has 204 valence electrons. The molecular formula is C26H32F4N2O3S2. The first-order valence-corrected chi connectivity index (χ1v) is 14.6. The van der Waals surface area contributed by atoms with E-state index in [1.165, 1.54) is 25.1 Å². The predicted molar refractivity (Wildman–Crippen MR) is 140 cm³/mol. The minimum atomic E-state index is -1.94. The molecule has 0 aliphatic heterocycles. The SMILES string of the molecule is CCCC[S@@+]([O-])/N=C(\C)c1ccc(C(CCC(=O)c2cccc(F)c2F)[C@@H](CCC)[S+](N)[O-])c(F)c1F. The second kappa shape index (κ2) is 14.9. The van der Waals surface area contributed by atoms with Crippen LogP contribution in [0.3, 0.4) is 0 Å². The highest BCUT2D eigenvalue weighted by molar-refractivity contribution is 7.90. The average molecular weight is 561 g/mol. The highest BCUT2D eigenvalue weighted by atomic mass is 32.2. The van der Waals surface area contributed by atoms with Gasteiger partial charge in [-0.3, -0.25) is 4.79 Å². The minimum Gasteiger partial charge on any atom is -0.598 e. The van der Waals surface area contributed by atoms with Crippen LogP contribution in [0, 0.1) is 23.3 Å². The van der Waals surface area contributed by atoms with Crippen molar-refractivity contribution in [3.8, 4) is 0 Å². The predicted octanol–water partition coefficient (Wildman–Crippen LogP) is 6.05. The van der Waals surface area contributed by atoms with E-state index in [2.05, 4.69) is 4.40 Å². The van der Waals surface area contributed by atoms with Crippen LogP contribution < -0.4 is 5.14 Å². The molecule has 0 radical (unpaired) electrons. The van der Waals surface area contributed by atoms with E-state index in [0.717, 1.165) is 18.6 Å². The smallest absolute Gasteiger partial charge is 0.169 e. The van der Waals surface area contributed by atoms with Crippen LogP contribution in [0.15, 0.2) is 34.7 Å². The van der Waals surface area contributed by atoms with Crippen molar-refractivity contribution in [2.75, 3.05) is 5.75 Å². The molecule has 4 atom stereocenters. The summed E-state index contributed by atoms with van der Waals surface area (Å²) in [7, 11) is 0. The molecule has 0 saturated carbocycles. The van der Waals surface area contributed by atoms with Gasteiger partial charge in [0.15, 0.2) is 29.1 Å². The molecule has 0 heterocycles. The molecule has 37 heavy (non-hydrogen) atoms. The summed E-state index contributed by atoms with van der Waals surface area (Å²) in [6.07, 6.45) is 1.88. The first-order chi connectivity index (χ1) is 17.5. The molecule has 0 spiro atoms. The Labute approximate surface area is 221 Å². The van der Waals surface area contributed by atoms with Gasteiger partial charge in [-0.25, -0.2) is 17.6 Å². The van der Waals surface area contributed by atoms with Gasteiger partial charge in [0.25, 0.3) is 0 Å². The molecule has 2 aromatic carbocycles. The van der Waals surface area contributed by atoms with Crippen molar-refractivity contribution in [3.05, 3.63) is 70.3 Å². The Balaban J connectivity index is 2.42. The Morgan fingerprint density at radius 2 is 1.68 bits per heavy atom. The average Bonchev–Trinajstić information content (AvgIpc) is 2.85. The zero-order chi connectivity index (χ0) is 27.7. The summed E-state index contributed by atoms with van der Waals surface area (Å²) in [6, 6.07) is 5.84. The van der Waals surface area contributed by atoms with Crippen LogP contribution in [0.4, 0.5) is 17.6 Å². The molecule has 0 aromatic heterocycles. The fourth-order valence-electron chi connectivity index (χ4n) is 4.09. The van der Waals surface area contributed by atoms with Crippen LogP contribution in [0.2, 0.25) is 0 Å². The van der Waals surface area contributed by atoms with Crippen molar-refractivity contribution < 1.29 is 31.5 Å². The Morgan fingerprint density at radius 3 is 2.30 bits per heavy atom. The van der Waals surface area contributed by atoms with Gasteiger partial charge >= 0.3 is 0 Å². The van der Waals surface area contributed by atoms with Crippen molar-refractivity contribution in [2.45, 2.75) is 70.5 Å². The van der Waals surface area contributed by atoms with Gasteiger partial charge in [-0.2, -0.15) is 5.14 Å². The molecule has 0 amide bonds. The van der Waals surface area contributed by atoms with Crippen LogP contribution in [-0.4, -0.2) is 31.6 Å². The van der Waals surface area contributed by atoms with Crippen LogP contribution in [0.5, 0.6) is 0 Å². The van der Waals surface area contributed by atoms with Crippen LogP contribution in [-0.2, 0) is 22.7 Å². The standard InChI is InChI=1S/C26H32F4N2O3S2/c1-4-6-15-36(34)32-16(3)17-11-12-19(26(30)25(17)29)18(23(8-5-2)37(31)35)13-14-22(33)20-9-7-10-21(27)24(20)28/h7,9-12,18,23H,4-6,8,13-15,31H2,1-3H3/b32-16+/t18?,23-,36-,37?/m1/s1. The van der Waals surface area contributed by atoms with Gasteiger partial charge < -0.3 is 9.11 Å². The van der Waals surface area contributed by atoms with Crippen LogP contribution in [0.1, 0.15) is 86.7 Å². The Morgan fingerprint density at radius 1 is 0.973 bits per heavy atom. The number of halogens is 4. The lowest BCUT2D eigenvalue weighted by Gasteiger charge is -2.27. The molecule has 2 N–H and O–H groups in total. The van der Waals surface area contributed by atoms with Crippen LogP contribution >= 0.6 is 0 Å². The summed E-state index contributed by atoms with van der Waals surface area (Å²) >= 11 is -3.52. The van der Waals surface area contributed by atoms with E-state index in [0.29, 0.717) is 25.0 Å². The maximum atomic E-state index is 15.4. The summed E-state index contributed by atoms with van der Waals surface area (Å²) in [5.74, 6) is -6.25. The van der Waals surface area contributed by atoms with E-state index in [9.17, 15) is 22.7 Å². The molecule has 0 fully saturated rings. The normalized spacial score (nSPS) is 15.4. The third-order valence-corrected chi connectivity index (χ3v) is 8.34. The summed E-state index contributed by atoms with van der Waals surface area (Å²) in [5.41, 5.74) is -0.683. The summed E-state index contributed by atoms with van der Waals surface area (Å²) in [4.78, 5) is 12.7. The molecule has 0 aliphatic rings. The third kappa shape index (κ3) is 8.28. The minimum absolute atomic E-state index is 0.0678. The van der Waals surface area contributed by atoms with Gasteiger partial charge in [0.05, 0.1) is 22.6 Å². The maximum absolute atomic E-state index is 15.4. The first kappa shape index (κ1) is 31.3. The Kier molecular flexibility index (Phi) is 12.6. The highest BCUT2D eigenvalue weighted by Gasteiger charge is 2.35. The Bertz CT molecular complexity index is 1100. The Hall–Kier alpha value is -1.92. The number of unbranched alkanes of at least 4 members (excludes halogenated alkanes) is 1. The largest absolute Gasteiger partial charge is 0.598 e. The summed E-state index contributed by atoms with van der Waals surface area (Å²) < 4.78 is 86.7. The first-order valence-electron chi connectivity index (χ1n) is 12.1. The second-order valence-corrected chi connectivity index (χ2v) is 11.2. The molecule has 0 aliphatic carbocycles. The van der Waals surface area contributed by atoms with Gasteiger partial charge in [0.2, 0.25) is 0 Å². The van der Waals surface area contributed by atoms with E-state index in [1.807, 2.05) is 13.8 Å². The maximum Gasteiger partial charge on any atom is 0.169 e. The van der Waals surface area contributed by atoms with E-state index >= 15 is 8.78 Å². The van der Waals surface area contributed by atoms with Gasteiger partial charge in [-0.15, -0.1) is 0 Å². The van der Waals surface area contributed by atoms with E-state index < -0.39 is 68.5 Å². The number of rotatable bonds is 14. The molecule has 2 rings (SSSR count). The van der Waals surface area contributed by atoms with Crippen LogP contribution in [0.25, 0.3) is 0 Å². The lowest BCUT2D eigenvalue weighted by atomic mass is 9.86. The molecule has 0 saturated heterocycles. The van der Waals surface area contributed by atoms with Crippen molar-refractivity contribution >= 4 is 34.2 Å². The topological polar surface area (TPSA) is 102 Å². The van der Waals surface area contributed by atoms with Crippen molar-refractivity contribution in [1.82, 2.24) is 0 Å². The molecule has 0 bridgehead atoms. The van der Waals surface area contributed by atoms with Gasteiger partial charge in [0, 0.05) is 29.3 Å². The molecule has 5 nitrogen and oxygen atoms in total. The number of benzene rings is 2. The lowest BCUT2D eigenvalue weighted by Crippen LogP contribution is -2.35. The fraction of sp³-hybridized carbons (Fsp3) is 0.462. The number of nitrogens with two attached hydrogens (primary N) is 1. The number of carbonyl (C=O) groups excluding carboxylic acids is 1. The number of nitrogens with zero attached hydrogens (tertiary/aromatic N) is 1. The van der Waals surface area contributed by atoms with E-state index in [1.54, 1.807) is 0 Å². The fourth-order valence-corrected chi connectivity index (χ4v) is 6.20. The molecular weight excluding hydrogens is 528 g/mol. The van der Waals surface area contributed by atoms with Gasteiger partial charge in [-0.05, 0) is 49.9 Å². The molecule has 2 unspecified atom stereocenters. The molecule has 11 heteroatoms. The van der Waals surface area contributed by atoms with E-state index in [4.69, 9.17) is 5.14 Å². The monoisotopic (exact) mass is 560 g/mol. The van der Waals surface area contributed by atoms with Gasteiger partial charge in [-0.1, -0.05) is 43.2 Å².